The Bertz CT molecular complexity index is 1300. The SMILES string of the molecule is CCCCC#Cc1ccc(O)c2c1C[C@@H]1C[C@@H]3[C@@H](N(C)C)C(=O)C(C(N)=O)=C(O)[C@]3(O)C(=O)C1=C2O. The van der Waals surface area contributed by atoms with E-state index in [1.54, 1.807) is 20.2 Å². The molecule has 36 heavy (non-hydrogen) atoms. The van der Waals surface area contributed by atoms with E-state index in [0.717, 1.165) is 12.8 Å². The number of rotatable bonds is 4. The van der Waals surface area contributed by atoms with Crippen LogP contribution < -0.4 is 5.73 Å². The number of carbonyl (C=O) groups excluding carboxylic acids is 3. The second-order valence-corrected chi connectivity index (χ2v) is 9.85. The third kappa shape index (κ3) is 3.60. The summed E-state index contributed by atoms with van der Waals surface area (Å²) in [5.74, 6) is -0.460. The van der Waals surface area contributed by atoms with Gasteiger partial charge < -0.3 is 26.2 Å². The third-order valence-electron chi connectivity index (χ3n) is 7.48. The summed E-state index contributed by atoms with van der Waals surface area (Å²) in [6, 6.07) is 1.93. The molecular formula is C27H30N2O7. The molecule has 9 heteroatoms. The Morgan fingerprint density at radius 3 is 2.53 bits per heavy atom. The van der Waals surface area contributed by atoms with Crippen LogP contribution in [0.5, 0.6) is 5.75 Å². The van der Waals surface area contributed by atoms with Crippen molar-refractivity contribution in [2.75, 3.05) is 14.1 Å². The number of aliphatic hydroxyl groups excluding tert-OH is 2. The Kier molecular flexibility index (Phi) is 6.45. The first-order valence-electron chi connectivity index (χ1n) is 11.9. The van der Waals surface area contributed by atoms with E-state index in [2.05, 4.69) is 18.8 Å². The van der Waals surface area contributed by atoms with Crippen LogP contribution in [-0.4, -0.2) is 68.5 Å². The number of likely N-dealkylation sites (N-methyl/N-ethyl adjacent to an activating group) is 1. The largest absolute Gasteiger partial charge is 0.508 e. The fourth-order valence-electron chi connectivity index (χ4n) is 5.78. The maximum Gasteiger partial charge on any atom is 0.255 e. The highest BCUT2D eigenvalue weighted by atomic mass is 16.3. The first-order chi connectivity index (χ1) is 17.0. The van der Waals surface area contributed by atoms with Gasteiger partial charge in [-0.05, 0) is 57.0 Å². The normalized spacial score (nSPS) is 27.3. The number of hydrogen-bond donors (Lipinski definition) is 5. The first-order valence-corrected chi connectivity index (χ1v) is 11.9. The number of nitrogens with two attached hydrogens (primary N) is 1. The molecule has 3 aliphatic carbocycles. The predicted octanol–water partition coefficient (Wildman–Crippen LogP) is 1.51. The lowest BCUT2D eigenvalue weighted by molar-refractivity contribution is -0.153. The second-order valence-electron chi connectivity index (χ2n) is 9.85. The molecule has 3 aliphatic rings. The number of phenolic OH excluding ortho intramolecular Hbond substituents is 1. The van der Waals surface area contributed by atoms with Crippen LogP contribution in [0, 0.1) is 23.7 Å². The average Bonchev–Trinajstić information content (AvgIpc) is 2.80. The zero-order valence-electron chi connectivity index (χ0n) is 20.5. The van der Waals surface area contributed by atoms with Crippen LogP contribution in [0.3, 0.4) is 0 Å². The number of benzene rings is 1. The van der Waals surface area contributed by atoms with Gasteiger partial charge in [0.15, 0.2) is 11.4 Å². The van der Waals surface area contributed by atoms with Crippen LogP contribution in [-0.2, 0) is 20.8 Å². The van der Waals surface area contributed by atoms with E-state index in [1.807, 2.05) is 0 Å². The highest BCUT2D eigenvalue weighted by molar-refractivity contribution is 6.24. The number of unbranched alkanes of at least 4 members (excludes halogenated alkanes) is 2. The van der Waals surface area contributed by atoms with Crippen LogP contribution in [0.1, 0.15) is 49.3 Å². The summed E-state index contributed by atoms with van der Waals surface area (Å²) in [7, 11) is 3.13. The van der Waals surface area contributed by atoms with E-state index in [1.165, 1.54) is 11.0 Å². The summed E-state index contributed by atoms with van der Waals surface area (Å²) < 4.78 is 0. The molecule has 1 amide bonds. The van der Waals surface area contributed by atoms with Gasteiger partial charge in [0.2, 0.25) is 5.78 Å². The maximum atomic E-state index is 13.8. The average molecular weight is 495 g/mol. The standard InChI is InChI=1S/C27H30N2O7/c1-4-5-6-7-8-13-9-10-17(30)19-15(13)11-14-12-16-21(29(2)3)23(32)20(26(28)35)25(34)27(16,36)24(33)18(14)22(19)31/h9-10,14,16,21,30-31,34,36H,4-6,11-12H2,1-3H3,(H2,28,35)/t14-,16-,21-,27-/m1/s1. The molecule has 9 nitrogen and oxygen atoms in total. The number of Topliss-reactive ketones (excluding diaryl/α,β-unsaturated/α-hetero) is 2. The molecule has 0 saturated heterocycles. The van der Waals surface area contributed by atoms with Gasteiger partial charge in [0.1, 0.15) is 22.8 Å². The highest BCUT2D eigenvalue weighted by Crippen LogP contribution is 2.52. The Morgan fingerprint density at radius 1 is 1.22 bits per heavy atom. The number of phenols is 1. The van der Waals surface area contributed by atoms with Gasteiger partial charge in [-0.25, -0.2) is 0 Å². The van der Waals surface area contributed by atoms with E-state index in [0.29, 0.717) is 17.5 Å². The summed E-state index contributed by atoms with van der Waals surface area (Å²) in [6.07, 6.45) is 2.89. The molecule has 1 aromatic carbocycles. The van der Waals surface area contributed by atoms with Crippen molar-refractivity contribution in [3.63, 3.8) is 0 Å². The van der Waals surface area contributed by atoms with Gasteiger partial charge in [0.25, 0.3) is 5.91 Å². The van der Waals surface area contributed by atoms with Crippen molar-refractivity contribution >= 4 is 23.2 Å². The molecule has 0 spiro atoms. The van der Waals surface area contributed by atoms with Gasteiger partial charge in [-0.15, -0.1) is 0 Å². The van der Waals surface area contributed by atoms with E-state index >= 15 is 0 Å². The number of primary amides is 1. The van der Waals surface area contributed by atoms with Crippen LogP contribution in [0.25, 0.3) is 5.76 Å². The van der Waals surface area contributed by atoms with Gasteiger partial charge in [-0.3, -0.25) is 19.3 Å². The van der Waals surface area contributed by atoms with Gasteiger partial charge in [0.05, 0.1) is 11.6 Å². The predicted molar refractivity (Wildman–Crippen MR) is 131 cm³/mol. The molecule has 0 aliphatic heterocycles. The monoisotopic (exact) mass is 494 g/mol. The minimum absolute atomic E-state index is 0.0458. The molecule has 0 radical (unpaired) electrons. The van der Waals surface area contributed by atoms with Gasteiger partial charge in [-0.2, -0.15) is 0 Å². The summed E-state index contributed by atoms with van der Waals surface area (Å²) in [5.41, 5.74) is 2.92. The van der Waals surface area contributed by atoms with Crippen molar-refractivity contribution in [3.05, 3.63) is 45.7 Å². The van der Waals surface area contributed by atoms with E-state index in [4.69, 9.17) is 5.73 Å². The van der Waals surface area contributed by atoms with Crippen LogP contribution in [0.15, 0.2) is 29.0 Å². The lowest BCUT2D eigenvalue weighted by atomic mass is 9.57. The fourth-order valence-corrected chi connectivity index (χ4v) is 5.78. The summed E-state index contributed by atoms with van der Waals surface area (Å²) in [5, 5.41) is 44.2. The van der Waals surface area contributed by atoms with Crippen molar-refractivity contribution in [2.24, 2.45) is 17.6 Å². The molecule has 4 atom stereocenters. The topological polar surface area (TPSA) is 161 Å². The number of hydrogen-bond acceptors (Lipinski definition) is 8. The lowest BCUT2D eigenvalue weighted by Crippen LogP contribution is -2.65. The smallest absolute Gasteiger partial charge is 0.255 e. The van der Waals surface area contributed by atoms with E-state index in [-0.39, 0.29) is 29.7 Å². The Balaban J connectivity index is 1.91. The Labute approximate surface area is 208 Å². The molecule has 1 aromatic rings. The molecule has 1 saturated carbocycles. The molecule has 190 valence electrons. The highest BCUT2D eigenvalue weighted by Gasteiger charge is 2.64. The van der Waals surface area contributed by atoms with Gasteiger partial charge in [0, 0.05) is 23.5 Å². The van der Waals surface area contributed by atoms with Crippen molar-refractivity contribution in [2.45, 2.75) is 50.7 Å². The summed E-state index contributed by atoms with van der Waals surface area (Å²) >= 11 is 0. The number of amides is 1. The van der Waals surface area contributed by atoms with E-state index in [9.17, 15) is 34.8 Å². The van der Waals surface area contributed by atoms with Crippen LogP contribution in [0.2, 0.25) is 0 Å². The van der Waals surface area contributed by atoms with Gasteiger partial charge >= 0.3 is 0 Å². The van der Waals surface area contributed by atoms with Crippen LogP contribution in [0.4, 0.5) is 0 Å². The fraction of sp³-hybridized carbons (Fsp3) is 0.444. The molecule has 4 rings (SSSR count). The summed E-state index contributed by atoms with van der Waals surface area (Å²) in [6.45, 7) is 2.06. The number of ketones is 2. The summed E-state index contributed by atoms with van der Waals surface area (Å²) in [4.78, 5) is 40.4. The van der Waals surface area contributed by atoms with Crippen LogP contribution >= 0.6 is 0 Å². The van der Waals surface area contributed by atoms with E-state index < -0.39 is 58.0 Å². The van der Waals surface area contributed by atoms with Gasteiger partial charge in [-0.1, -0.05) is 25.2 Å². The molecule has 0 bridgehead atoms. The molecular weight excluding hydrogens is 464 g/mol. The molecule has 6 N–H and O–H groups in total. The number of nitrogens with zero attached hydrogens (tertiary/aromatic N) is 1. The third-order valence-corrected chi connectivity index (χ3v) is 7.48. The Hall–Kier alpha value is -3.61. The second kappa shape index (κ2) is 9.12. The van der Waals surface area contributed by atoms with Crippen molar-refractivity contribution in [1.82, 2.24) is 4.90 Å². The minimum atomic E-state index is -2.64. The van der Waals surface area contributed by atoms with Crippen molar-refractivity contribution in [1.29, 1.82) is 0 Å². The van der Waals surface area contributed by atoms with Crippen molar-refractivity contribution < 1.29 is 34.8 Å². The molecule has 0 aromatic heterocycles. The number of carbonyl (C=O) groups is 3. The number of fused-ring (bicyclic) bond motifs is 3. The quantitative estimate of drug-likeness (QED) is 0.239. The first kappa shape index (κ1) is 25.5. The minimum Gasteiger partial charge on any atom is -0.508 e. The zero-order valence-corrected chi connectivity index (χ0v) is 20.5. The van der Waals surface area contributed by atoms with Crippen molar-refractivity contribution in [3.8, 4) is 17.6 Å². The molecule has 1 fully saturated rings. The molecule has 0 unspecified atom stereocenters. The lowest BCUT2D eigenvalue weighted by Gasteiger charge is -2.50. The Morgan fingerprint density at radius 2 is 1.92 bits per heavy atom. The molecule has 0 heterocycles. The number of aromatic hydroxyl groups is 1. The number of aliphatic hydroxyl groups is 3. The zero-order chi connectivity index (χ0) is 26.5. The maximum absolute atomic E-state index is 13.8.